The van der Waals surface area contributed by atoms with Crippen LogP contribution < -0.4 is 5.73 Å². The highest BCUT2D eigenvalue weighted by atomic mass is 16.2. The molecule has 1 aromatic carbocycles. The first-order chi connectivity index (χ1) is 11.7. The lowest BCUT2D eigenvalue weighted by molar-refractivity contribution is 0.0755. The topological polar surface area (TPSA) is 78.3 Å². The first kappa shape index (κ1) is 16.5. The lowest BCUT2D eigenvalue weighted by Crippen LogP contribution is -2.35. The van der Waals surface area contributed by atoms with Crippen LogP contribution in [0.5, 0.6) is 0 Å². The summed E-state index contributed by atoms with van der Waals surface area (Å²) in [6, 6.07) is 12.2. The monoisotopic (exact) mass is 327 g/mol. The fraction of sp³-hybridized carbons (Fsp3) is 0.444. The van der Waals surface area contributed by atoms with Crippen molar-refractivity contribution < 1.29 is 4.79 Å². The van der Waals surface area contributed by atoms with Gasteiger partial charge in [-0.15, -0.1) is 0 Å². The van der Waals surface area contributed by atoms with Crippen LogP contribution in [0.15, 0.2) is 36.4 Å². The van der Waals surface area contributed by atoms with Gasteiger partial charge in [-0.2, -0.15) is 5.10 Å². The molecule has 1 aliphatic rings. The Balaban J connectivity index is 1.45. The molecular formula is C18H25N5O. The van der Waals surface area contributed by atoms with Crippen LogP contribution in [0.4, 0.5) is 5.82 Å². The summed E-state index contributed by atoms with van der Waals surface area (Å²) >= 11 is 0. The molecule has 2 heterocycles. The van der Waals surface area contributed by atoms with Crippen LogP contribution in [0, 0.1) is 0 Å². The molecule has 0 saturated carbocycles. The molecule has 1 fully saturated rings. The smallest absolute Gasteiger partial charge is 0.271 e. The lowest BCUT2D eigenvalue weighted by atomic mass is 10.1. The number of hydrogen-bond donors (Lipinski definition) is 2. The second kappa shape index (κ2) is 7.97. The number of amides is 1. The van der Waals surface area contributed by atoms with E-state index in [1.165, 1.54) is 5.56 Å². The van der Waals surface area contributed by atoms with Crippen LogP contribution in [0.2, 0.25) is 0 Å². The van der Waals surface area contributed by atoms with Gasteiger partial charge in [0.25, 0.3) is 5.91 Å². The molecule has 0 atom stereocenters. The number of nitrogen functional groups attached to an aromatic ring is 1. The minimum atomic E-state index is -0.00895. The van der Waals surface area contributed by atoms with Crippen molar-refractivity contribution in [2.24, 2.45) is 0 Å². The maximum absolute atomic E-state index is 12.5. The van der Waals surface area contributed by atoms with Gasteiger partial charge in [0, 0.05) is 25.7 Å². The van der Waals surface area contributed by atoms with E-state index in [0.29, 0.717) is 11.5 Å². The van der Waals surface area contributed by atoms with E-state index in [4.69, 9.17) is 5.73 Å². The number of carbonyl (C=O) groups excluding carboxylic acids is 1. The number of rotatable bonds is 5. The van der Waals surface area contributed by atoms with E-state index >= 15 is 0 Å². The van der Waals surface area contributed by atoms with Gasteiger partial charge in [0.15, 0.2) is 0 Å². The molecule has 6 nitrogen and oxygen atoms in total. The SMILES string of the molecule is Nc1cc(C(=O)N2CCCN(CCCc3ccccc3)CC2)[nH]n1. The Bertz CT molecular complexity index is 654. The number of nitrogens with one attached hydrogen (secondary N) is 1. The van der Waals surface area contributed by atoms with Crippen molar-refractivity contribution in [3.05, 3.63) is 47.7 Å². The van der Waals surface area contributed by atoms with Gasteiger partial charge in [0.05, 0.1) is 0 Å². The maximum atomic E-state index is 12.5. The Hall–Kier alpha value is -2.34. The van der Waals surface area contributed by atoms with Crippen molar-refractivity contribution in [1.29, 1.82) is 0 Å². The Morgan fingerprint density at radius 1 is 1.17 bits per heavy atom. The summed E-state index contributed by atoms with van der Waals surface area (Å²) in [6.07, 6.45) is 3.25. The minimum absolute atomic E-state index is 0.00895. The summed E-state index contributed by atoms with van der Waals surface area (Å²) in [6.45, 7) is 4.58. The summed E-state index contributed by atoms with van der Waals surface area (Å²) in [5.41, 5.74) is 7.45. The van der Waals surface area contributed by atoms with E-state index in [1.807, 2.05) is 4.90 Å². The number of hydrogen-bond acceptors (Lipinski definition) is 4. The van der Waals surface area contributed by atoms with Crippen LogP contribution in [-0.2, 0) is 6.42 Å². The van der Waals surface area contributed by atoms with E-state index in [-0.39, 0.29) is 5.91 Å². The van der Waals surface area contributed by atoms with Gasteiger partial charge in [-0.1, -0.05) is 30.3 Å². The van der Waals surface area contributed by atoms with E-state index in [1.54, 1.807) is 6.07 Å². The first-order valence-electron chi connectivity index (χ1n) is 8.59. The van der Waals surface area contributed by atoms with Crippen LogP contribution >= 0.6 is 0 Å². The number of carbonyl (C=O) groups is 1. The highest BCUT2D eigenvalue weighted by Crippen LogP contribution is 2.10. The number of aromatic nitrogens is 2. The van der Waals surface area contributed by atoms with Gasteiger partial charge in [-0.05, 0) is 37.9 Å². The van der Waals surface area contributed by atoms with Crippen molar-refractivity contribution in [3.63, 3.8) is 0 Å². The zero-order valence-corrected chi connectivity index (χ0v) is 13.9. The van der Waals surface area contributed by atoms with Crippen LogP contribution in [0.1, 0.15) is 28.9 Å². The number of anilines is 1. The molecule has 0 bridgehead atoms. The fourth-order valence-electron chi connectivity index (χ4n) is 3.17. The Labute approximate surface area is 142 Å². The number of aromatic amines is 1. The minimum Gasteiger partial charge on any atom is -0.382 e. The molecule has 1 saturated heterocycles. The highest BCUT2D eigenvalue weighted by Gasteiger charge is 2.21. The molecule has 1 aliphatic heterocycles. The third-order valence-electron chi connectivity index (χ3n) is 4.49. The average molecular weight is 327 g/mol. The van der Waals surface area contributed by atoms with Crippen molar-refractivity contribution >= 4 is 11.7 Å². The molecule has 1 aromatic heterocycles. The molecule has 2 aromatic rings. The molecule has 0 radical (unpaired) electrons. The molecular weight excluding hydrogens is 302 g/mol. The van der Waals surface area contributed by atoms with Crippen molar-refractivity contribution in [2.75, 3.05) is 38.5 Å². The van der Waals surface area contributed by atoms with E-state index in [9.17, 15) is 4.79 Å². The Morgan fingerprint density at radius 2 is 2.00 bits per heavy atom. The van der Waals surface area contributed by atoms with Gasteiger partial charge in [0.1, 0.15) is 11.5 Å². The highest BCUT2D eigenvalue weighted by molar-refractivity contribution is 5.93. The van der Waals surface area contributed by atoms with Gasteiger partial charge < -0.3 is 15.5 Å². The number of benzene rings is 1. The quantitative estimate of drug-likeness (QED) is 0.877. The molecule has 3 N–H and O–H groups in total. The molecule has 1 amide bonds. The number of nitrogens with two attached hydrogens (primary N) is 1. The standard InChI is InChI=1S/C18H25N5O/c19-17-14-16(20-21-17)18(24)23-11-5-10-22(12-13-23)9-4-8-15-6-2-1-3-7-15/h1-3,6-7,14H,4-5,8-13H2,(H3,19,20,21). The summed E-state index contributed by atoms with van der Waals surface area (Å²) in [5.74, 6) is 0.348. The zero-order chi connectivity index (χ0) is 16.8. The van der Waals surface area contributed by atoms with Crippen LogP contribution in [0.3, 0.4) is 0 Å². The van der Waals surface area contributed by atoms with E-state index < -0.39 is 0 Å². The number of H-pyrrole nitrogens is 1. The molecule has 6 heteroatoms. The van der Waals surface area contributed by atoms with Crippen molar-refractivity contribution in [2.45, 2.75) is 19.3 Å². The summed E-state index contributed by atoms with van der Waals surface area (Å²) in [7, 11) is 0. The lowest BCUT2D eigenvalue weighted by Gasteiger charge is -2.21. The average Bonchev–Trinajstić information content (AvgIpc) is 2.90. The van der Waals surface area contributed by atoms with Crippen LogP contribution in [0.25, 0.3) is 0 Å². The van der Waals surface area contributed by atoms with Crippen molar-refractivity contribution in [1.82, 2.24) is 20.0 Å². The molecule has 0 spiro atoms. The van der Waals surface area contributed by atoms with E-state index in [2.05, 4.69) is 45.4 Å². The largest absolute Gasteiger partial charge is 0.382 e. The third-order valence-corrected chi connectivity index (χ3v) is 4.49. The second-order valence-electron chi connectivity index (χ2n) is 6.28. The second-order valence-corrected chi connectivity index (χ2v) is 6.28. The molecule has 0 aliphatic carbocycles. The van der Waals surface area contributed by atoms with Gasteiger partial charge in [0.2, 0.25) is 0 Å². The maximum Gasteiger partial charge on any atom is 0.271 e. The summed E-state index contributed by atoms with van der Waals surface area (Å²) < 4.78 is 0. The fourth-order valence-corrected chi connectivity index (χ4v) is 3.17. The molecule has 3 rings (SSSR count). The number of nitrogens with zero attached hydrogens (tertiary/aromatic N) is 3. The Kier molecular flexibility index (Phi) is 5.48. The van der Waals surface area contributed by atoms with Crippen LogP contribution in [-0.4, -0.2) is 58.6 Å². The summed E-state index contributed by atoms with van der Waals surface area (Å²) in [5, 5.41) is 6.54. The summed E-state index contributed by atoms with van der Waals surface area (Å²) in [4.78, 5) is 16.8. The Morgan fingerprint density at radius 3 is 2.75 bits per heavy atom. The van der Waals surface area contributed by atoms with Gasteiger partial charge in [-0.25, -0.2) is 0 Å². The zero-order valence-electron chi connectivity index (χ0n) is 13.9. The predicted molar refractivity (Wildman–Crippen MR) is 94.7 cm³/mol. The molecule has 128 valence electrons. The molecule has 0 unspecified atom stereocenters. The predicted octanol–water partition coefficient (Wildman–Crippen LogP) is 1.77. The molecule has 24 heavy (non-hydrogen) atoms. The number of aryl methyl sites for hydroxylation is 1. The van der Waals surface area contributed by atoms with E-state index in [0.717, 1.165) is 52.0 Å². The third kappa shape index (κ3) is 4.35. The van der Waals surface area contributed by atoms with Gasteiger partial charge >= 0.3 is 0 Å². The van der Waals surface area contributed by atoms with Gasteiger partial charge in [-0.3, -0.25) is 9.89 Å². The van der Waals surface area contributed by atoms with Crippen molar-refractivity contribution in [3.8, 4) is 0 Å². The normalized spacial score (nSPS) is 16.1. The first-order valence-corrected chi connectivity index (χ1v) is 8.59.